The monoisotopic (exact) mass is 295 g/mol. The van der Waals surface area contributed by atoms with Crippen molar-refractivity contribution in [2.45, 2.75) is 19.0 Å². The second-order valence-electron chi connectivity index (χ2n) is 5.34. The van der Waals surface area contributed by atoms with Crippen molar-refractivity contribution in [2.75, 3.05) is 0 Å². The largest absolute Gasteiger partial charge is 0.338 e. The number of carbonyl (C=O) groups is 2. The van der Waals surface area contributed by atoms with Crippen LogP contribution in [0.1, 0.15) is 27.5 Å². The normalized spacial score (nSPS) is 20.5. The smallest absolute Gasteiger partial charge is 0.258 e. The molecule has 22 heavy (non-hydrogen) atoms. The fourth-order valence-corrected chi connectivity index (χ4v) is 2.47. The summed E-state index contributed by atoms with van der Waals surface area (Å²) in [5.41, 5.74) is 8.14. The third-order valence-electron chi connectivity index (χ3n) is 3.73. The molecule has 3 N–H and O–H groups in total. The summed E-state index contributed by atoms with van der Waals surface area (Å²) in [6.07, 6.45) is 0. The van der Waals surface area contributed by atoms with Gasteiger partial charge in [-0.15, -0.1) is 0 Å². The molecule has 1 aliphatic rings. The fourth-order valence-electron chi connectivity index (χ4n) is 2.47. The molecule has 1 aliphatic heterocycles. The Morgan fingerprint density at radius 3 is 2.41 bits per heavy atom. The third kappa shape index (κ3) is 2.84. The van der Waals surface area contributed by atoms with Gasteiger partial charge in [0.25, 0.3) is 11.8 Å². The summed E-state index contributed by atoms with van der Waals surface area (Å²) in [4.78, 5) is 24.3. The molecule has 2 atom stereocenters. The summed E-state index contributed by atoms with van der Waals surface area (Å²) in [6.45, 7) is 2.00. The summed E-state index contributed by atoms with van der Waals surface area (Å²) in [5.74, 6) is -0.503. The van der Waals surface area contributed by atoms with Gasteiger partial charge in [-0.25, -0.2) is 5.43 Å². The minimum atomic E-state index is -0.643. The topological polar surface area (TPSA) is 70.2 Å². The van der Waals surface area contributed by atoms with Gasteiger partial charge in [0.1, 0.15) is 6.04 Å². The molecule has 1 fully saturated rings. The van der Waals surface area contributed by atoms with Crippen LogP contribution >= 0.6 is 0 Å². The van der Waals surface area contributed by atoms with Gasteiger partial charge in [-0.2, -0.15) is 0 Å². The van der Waals surface area contributed by atoms with Gasteiger partial charge in [-0.1, -0.05) is 48.0 Å². The first-order valence-electron chi connectivity index (χ1n) is 7.13. The van der Waals surface area contributed by atoms with Crippen molar-refractivity contribution in [3.05, 3.63) is 71.3 Å². The van der Waals surface area contributed by atoms with E-state index < -0.39 is 6.04 Å². The maximum absolute atomic E-state index is 12.3. The number of rotatable bonds is 3. The summed E-state index contributed by atoms with van der Waals surface area (Å²) >= 11 is 0. The molecule has 5 heteroatoms. The Labute approximate surface area is 128 Å². The maximum atomic E-state index is 12.3. The van der Waals surface area contributed by atoms with Crippen LogP contribution in [0.3, 0.4) is 0 Å². The van der Waals surface area contributed by atoms with Crippen molar-refractivity contribution in [1.29, 1.82) is 0 Å². The van der Waals surface area contributed by atoms with Crippen LogP contribution in [0.25, 0.3) is 0 Å². The maximum Gasteiger partial charge on any atom is 0.258 e. The molecule has 1 heterocycles. The summed E-state index contributed by atoms with van der Waals surface area (Å²) in [5, 5.41) is 2.79. The highest BCUT2D eigenvalue weighted by molar-refractivity contribution is 5.98. The Morgan fingerprint density at radius 2 is 1.73 bits per heavy atom. The van der Waals surface area contributed by atoms with Crippen molar-refractivity contribution in [2.24, 2.45) is 0 Å². The Kier molecular flexibility index (Phi) is 3.89. The van der Waals surface area contributed by atoms with E-state index in [9.17, 15) is 9.59 Å². The highest BCUT2D eigenvalue weighted by Gasteiger charge is 2.36. The van der Waals surface area contributed by atoms with Gasteiger partial charge in [-0.05, 0) is 24.6 Å². The molecule has 2 aromatic carbocycles. The van der Waals surface area contributed by atoms with Crippen LogP contribution in [0, 0.1) is 6.92 Å². The van der Waals surface area contributed by atoms with Gasteiger partial charge in [-0.3, -0.25) is 15.0 Å². The number of amides is 2. The molecule has 0 saturated carbocycles. The zero-order valence-electron chi connectivity index (χ0n) is 12.2. The van der Waals surface area contributed by atoms with E-state index in [1.54, 1.807) is 24.3 Å². The predicted molar refractivity (Wildman–Crippen MR) is 82.9 cm³/mol. The first kappa shape index (κ1) is 14.3. The van der Waals surface area contributed by atoms with E-state index in [0.717, 1.165) is 11.1 Å². The molecule has 0 bridgehead atoms. The number of hydrogen-bond donors (Lipinski definition) is 3. The van der Waals surface area contributed by atoms with E-state index in [1.807, 2.05) is 37.3 Å². The van der Waals surface area contributed by atoms with Crippen molar-refractivity contribution in [1.82, 2.24) is 16.2 Å². The molecule has 1 saturated heterocycles. The highest BCUT2D eigenvalue weighted by atomic mass is 16.2. The van der Waals surface area contributed by atoms with Crippen LogP contribution in [0.15, 0.2) is 54.6 Å². The van der Waals surface area contributed by atoms with Crippen molar-refractivity contribution < 1.29 is 9.59 Å². The minimum Gasteiger partial charge on any atom is -0.338 e. The molecule has 0 unspecified atom stereocenters. The Hall–Kier alpha value is -2.66. The molecule has 0 aliphatic carbocycles. The van der Waals surface area contributed by atoms with Crippen LogP contribution in [-0.4, -0.2) is 17.9 Å². The second kappa shape index (κ2) is 5.99. The van der Waals surface area contributed by atoms with Gasteiger partial charge in [0.05, 0.1) is 6.04 Å². The van der Waals surface area contributed by atoms with E-state index in [1.165, 1.54) is 0 Å². The summed E-state index contributed by atoms with van der Waals surface area (Å²) < 4.78 is 0. The average Bonchev–Trinajstić information content (AvgIpc) is 2.90. The molecular formula is C17H17N3O2. The number of carbonyl (C=O) groups excluding carboxylic acids is 2. The standard InChI is InChI=1S/C17H17N3O2/c1-11-7-9-12(10-8-11)14-15(17(22)20-19-14)18-16(21)13-5-3-2-4-6-13/h2-10,14-15,19H,1H3,(H,18,21)(H,20,22)/t14-,15-/m0/s1. The van der Waals surface area contributed by atoms with Gasteiger partial charge in [0, 0.05) is 5.56 Å². The molecule has 3 rings (SSSR count). The van der Waals surface area contributed by atoms with Gasteiger partial charge in [0.15, 0.2) is 0 Å². The molecule has 0 radical (unpaired) electrons. The molecule has 112 valence electrons. The number of hydrogen-bond acceptors (Lipinski definition) is 3. The molecule has 0 aromatic heterocycles. The van der Waals surface area contributed by atoms with Crippen LogP contribution in [0.5, 0.6) is 0 Å². The van der Waals surface area contributed by atoms with E-state index in [2.05, 4.69) is 16.2 Å². The van der Waals surface area contributed by atoms with Crippen molar-refractivity contribution in [3.63, 3.8) is 0 Å². The third-order valence-corrected chi connectivity index (χ3v) is 3.73. The summed E-state index contributed by atoms with van der Waals surface area (Å²) in [7, 11) is 0. The molecular weight excluding hydrogens is 278 g/mol. The molecule has 2 aromatic rings. The molecule has 0 spiro atoms. The van der Waals surface area contributed by atoms with E-state index in [0.29, 0.717) is 5.56 Å². The van der Waals surface area contributed by atoms with E-state index in [4.69, 9.17) is 0 Å². The van der Waals surface area contributed by atoms with Crippen molar-refractivity contribution >= 4 is 11.8 Å². The lowest BCUT2D eigenvalue weighted by Crippen LogP contribution is -2.42. The summed E-state index contributed by atoms with van der Waals surface area (Å²) in [6, 6.07) is 15.8. The molecule has 5 nitrogen and oxygen atoms in total. The number of benzene rings is 2. The predicted octanol–water partition coefficient (Wildman–Crippen LogP) is 1.47. The Bertz CT molecular complexity index is 683. The SMILES string of the molecule is Cc1ccc([C@@H]2NNC(=O)[C@H]2NC(=O)c2ccccc2)cc1. The van der Waals surface area contributed by atoms with Crippen LogP contribution in [0.2, 0.25) is 0 Å². The lowest BCUT2D eigenvalue weighted by Gasteiger charge is -2.18. The van der Waals surface area contributed by atoms with Crippen molar-refractivity contribution in [3.8, 4) is 0 Å². The van der Waals surface area contributed by atoms with Crippen LogP contribution < -0.4 is 16.2 Å². The number of hydrazine groups is 1. The van der Waals surface area contributed by atoms with Crippen LogP contribution in [0.4, 0.5) is 0 Å². The lowest BCUT2D eigenvalue weighted by molar-refractivity contribution is -0.121. The first-order valence-corrected chi connectivity index (χ1v) is 7.13. The molecule has 2 amide bonds. The lowest BCUT2D eigenvalue weighted by atomic mass is 9.99. The van der Waals surface area contributed by atoms with Crippen LogP contribution in [-0.2, 0) is 4.79 Å². The number of nitrogens with one attached hydrogen (secondary N) is 3. The second-order valence-corrected chi connectivity index (χ2v) is 5.34. The minimum absolute atomic E-state index is 0.241. The van der Waals surface area contributed by atoms with Gasteiger partial charge < -0.3 is 5.32 Å². The van der Waals surface area contributed by atoms with Gasteiger partial charge >= 0.3 is 0 Å². The fraction of sp³-hybridized carbons (Fsp3) is 0.176. The quantitative estimate of drug-likeness (QED) is 0.803. The first-order chi connectivity index (χ1) is 10.6. The zero-order valence-corrected chi connectivity index (χ0v) is 12.2. The van der Waals surface area contributed by atoms with Gasteiger partial charge in [0.2, 0.25) is 0 Å². The Morgan fingerprint density at radius 1 is 1.05 bits per heavy atom. The number of aryl methyl sites for hydroxylation is 1. The Balaban J connectivity index is 1.79. The zero-order chi connectivity index (χ0) is 15.5. The van der Waals surface area contributed by atoms with E-state index in [-0.39, 0.29) is 17.9 Å². The van der Waals surface area contributed by atoms with E-state index >= 15 is 0 Å². The average molecular weight is 295 g/mol. The highest BCUT2D eigenvalue weighted by Crippen LogP contribution is 2.21.